The van der Waals surface area contributed by atoms with Gasteiger partial charge in [0.25, 0.3) is 0 Å². The average Bonchev–Trinajstić information content (AvgIpc) is 2.61. The van der Waals surface area contributed by atoms with Crippen molar-refractivity contribution in [1.29, 1.82) is 0 Å². The highest BCUT2D eigenvalue weighted by atomic mass is 32.2. The minimum Gasteiger partial charge on any atom is -0.366 e. The molecule has 1 amide bonds. The van der Waals surface area contributed by atoms with Crippen LogP contribution in [0.2, 0.25) is 0 Å². The molecule has 0 spiro atoms. The van der Waals surface area contributed by atoms with Crippen LogP contribution in [-0.4, -0.2) is 41.9 Å². The molecule has 1 heterocycles. The Hall–Kier alpha value is -1.26. The summed E-state index contributed by atoms with van der Waals surface area (Å²) in [6.07, 6.45) is 5.54. The summed E-state index contributed by atoms with van der Waals surface area (Å²) in [5.41, 5.74) is 10.4. The van der Waals surface area contributed by atoms with E-state index in [4.69, 9.17) is 5.73 Å². The van der Waals surface area contributed by atoms with E-state index in [1.807, 2.05) is 17.8 Å². The van der Waals surface area contributed by atoms with Crippen LogP contribution in [0.15, 0.2) is 24.3 Å². The Morgan fingerprint density at radius 3 is 2.56 bits per heavy atom. The zero-order valence-electron chi connectivity index (χ0n) is 17.3. The van der Waals surface area contributed by atoms with Crippen molar-refractivity contribution in [3.63, 3.8) is 0 Å². The van der Waals surface area contributed by atoms with Gasteiger partial charge in [0.05, 0.1) is 0 Å². The normalized spacial score (nSPS) is 21.0. The minimum atomic E-state index is -0.326. The monoisotopic (exact) mass is 386 g/mol. The second-order valence-corrected chi connectivity index (χ2v) is 10.7. The molecule has 0 bridgehead atoms. The van der Waals surface area contributed by atoms with Crippen LogP contribution in [0.5, 0.6) is 0 Å². The van der Waals surface area contributed by atoms with E-state index in [-0.39, 0.29) is 11.3 Å². The lowest BCUT2D eigenvalue weighted by Crippen LogP contribution is -2.41. The fraction of sp³-hybridized carbons (Fsp3) is 0.609. The summed E-state index contributed by atoms with van der Waals surface area (Å²) < 4.78 is 0. The number of carbonyl (C=O) groups is 1. The molecule has 1 aromatic carbocycles. The molecule has 0 aromatic heterocycles. The maximum atomic E-state index is 12.1. The number of benzene rings is 1. The summed E-state index contributed by atoms with van der Waals surface area (Å²) in [7, 11) is 0. The molecule has 1 aliphatic heterocycles. The molecule has 27 heavy (non-hydrogen) atoms. The Morgan fingerprint density at radius 2 is 1.96 bits per heavy atom. The van der Waals surface area contributed by atoms with Gasteiger partial charge in [0, 0.05) is 42.1 Å². The van der Waals surface area contributed by atoms with Crippen molar-refractivity contribution >= 4 is 23.2 Å². The lowest BCUT2D eigenvalue weighted by atomic mass is 9.75. The Labute approximate surface area is 168 Å². The van der Waals surface area contributed by atoms with Gasteiger partial charge in [-0.25, -0.2) is 0 Å². The summed E-state index contributed by atoms with van der Waals surface area (Å²) in [5, 5.41) is 0. The third-order valence-electron chi connectivity index (χ3n) is 6.11. The van der Waals surface area contributed by atoms with Crippen LogP contribution in [0.3, 0.4) is 0 Å². The Morgan fingerprint density at radius 1 is 1.26 bits per heavy atom. The molecule has 1 saturated heterocycles. The lowest BCUT2D eigenvalue weighted by Gasteiger charge is -2.36. The van der Waals surface area contributed by atoms with Gasteiger partial charge >= 0.3 is 0 Å². The van der Waals surface area contributed by atoms with Crippen LogP contribution in [0.4, 0.5) is 0 Å². The second-order valence-electron chi connectivity index (χ2n) is 9.49. The van der Waals surface area contributed by atoms with Crippen LogP contribution in [0.25, 0.3) is 5.57 Å². The molecule has 2 N–H and O–H groups in total. The van der Waals surface area contributed by atoms with Gasteiger partial charge in [0.15, 0.2) is 0 Å². The fourth-order valence-electron chi connectivity index (χ4n) is 4.18. The number of amides is 1. The van der Waals surface area contributed by atoms with E-state index in [1.54, 1.807) is 0 Å². The highest BCUT2D eigenvalue weighted by Gasteiger charge is 2.28. The van der Waals surface area contributed by atoms with Crippen LogP contribution < -0.4 is 5.73 Å². The second kappa shape index (κ2) is 8.00. The molecule has 0 radical (unpaired) electrons. The number of hydrogen-bond acceptors (Lipinski definition) is 3. The van der Waals surface area contributed by atoms with Crippen molar-refractivity contribution < 1.29 is 4.79 Å². The third kappa shape index (κ3) is 4.97. The average molecular weight is 387 g/mol. The molecule has 0 saturated carbocycles. The zero-order valence-corrected chi connectivity index (χ0v) is 18.1. The Bertz CT molecular complexity index is 730. The van der Waals surface area contributed by atoms with E-state index in [1.165, 1.54) is 35.7 Å². The van der Waals surface area contributed by atoms with Gasteiger partial charge < -0.3 is 10.6 Å². The first-order chi connectivity index (χ1) is 12.7. The predicted octanol–water partition coefficient (Wildman–Crippen LogP) is 4.71. The predicted molar refractivity (Wildman–Crippen MR) is 117 cm³/mol. The van der Waals surface area contributed by atoms with E-state index in [9.17, 15) is 4.79 Å². The SMILES string of the molecule is CC1(C)CC=C(c2cc(C(C)(C)CN3CCSCC3)ccc2C(N)=O)CC1. The van der Waals surface area contributed by atoms with Gasteiger partial charge in [-0.05, 0) is 47.4 Å². The van der Waals surface area contributed by atoms with E-state index < -0.39 is 0 Å². The first-order valence-corrected chi connectivity index (χ1v) is 11.3. The third-order valence-corrected chi connectivity index (χ3v) is 7.05. The van der Waals surface area contributed by atoms with Crippen molar-refractivity contribution in [3.8, 4) is 0 Å². The topological polar surface area (TPSA) is 46.3 Å². The molecule has 0 unspecified atom stereocenters. The van der Waals surface area contributed by atoms with Gasteiger partial charge in [-0.3, -0.25) is 4.79 Å². The summed E-state index contributed by atoms with van der Waals surface area (Å²) >= 11 is 2.05. The van der Waals surface area contributed by atoms with Crippen LogP contribution in [0.1, 0.15) is 68.4 Å². The number of carbonyl (C=O) groups excluding carboxylic acids is 1. The fourth-order valence-corrected chi connectivity index (χ4v) is 5.16. The molecular formula is C23H34N2OS. The van der Waals surface area contributed by atoms with Crippen LogP contribution in [-0.2, 0) is 5.41 Å². The minimum absolute atomic E-state index is 0.0431. The summed E-state index contributed by atoms with van der Waals surface area (Å²) in [6, 6.07) is 6.29. The number of primary amides is 1. The number of rotatable bonds is 5. The molecule has 1 aliphatic carbocycles. The number of hydrogen-bond donors (Lipinski definition) is 1. The van der Waals surface area contributed by atoms with Gasteiger partial charge in [-0.1, -0.05) is 45.9 Å². The number of allylic oxidation sites excluding steroid dienone is 2. The van der Waals surface area contributed by atoms with Crippen molar-refractivity contribution in [2.75, 3.05) is 31.1 Å². The molecule has 1 aromatic rings. The lowest BCUT2D eigenvalue weighted by molar-refractivity contribution is 0.1000. The molecule has 3 nitrogen and oxygen atoms in total. The van der Waals surface area contributed by atoms with Gasteiger partial charge in [0.1, 0.15) is 0 Å². The van der Waals surface area contributed by atoms with Gasteiger partial charge in [0.2, 0.25) is 5.91 Å². The smallest absolute Gasteiger partial charge is 0.249 e. The molecule has 0 atom stereocenters. The molecular weight excluding hydrogens is 352 g/mol. The maximum absolute atomic E-state index is 12.1. The van der Waals surface area contributed by atoms with E-state index in [0.29, 0.717) is 11.0 Å². The number of nitrogens with zero attached hydrogens (tertiary/aromatic N) is 1. The molecule has 1 fully saturated rings. The number of thioether (sulfide) groups is 1. The zero-order chi connectivity index (χ0) is 19.7. The molecule has 148 valence electrons. The maximum Gasteiger partial charge on any atom is 0.249 e. The standard InChI is InChI=1S/C23H34N2OS/c1-22(2)9-7-17(8-10-22)20-15-18(5-6-19(20)21(24)26)23(3,4)16-25-11-13-27-14-12-25/h5-7,15H,8-14,16H2,1-4H3,(H2,24,26). The Kier molecular flexibility index (Phi) is 6.07. The van der Waals surface area contributed by atoms with Crippen molar-refractivity contribution in [2.24, 2.45) is 11.1 Å². The highest BCUT2D eigenvalue weighted by Crippen LogP contribution is 2.40. The van der Waals surface area contributed by atoms with Gasteiger partial charge in [-0.15, -0.1) is 0 Å². The van der Waals surface area contributed by atoms with Crippen molar-refractivity contribution in [1.82, 2.24) is 4.90 Å². The quantitative estimate of drug-likeness (QED) is 0.797. The Balaban J connectivity index is 1.91. The number of nitrogens with two attached hydrogens (primary N) is 1. The highest BCUT2D eigenvalue weighted by molar-refractivity contribution is 7.99. The van der Waals surface area contributed by atoms with E-state index >= 15 is 0 Å². The molecule has 2 aliphatic rings. The summed E-state index contributed by atoms with van der Waals surface area (Å²) in [4.78, 5) is 14.6. The van der Waals surface area contributed by atoms with Crippen LogP contribution >= 0.6 is 11.8 Å². The van der Waals surface area contributed by atoms with Gasteiger partial charge in [-0.2, -0.15) is 11.8 Å². The first kappa shape index (κ1) is 20.5. The molecule has 4 heteroatoms. The summed E-state index contributed by atoms with van der Waals surface area (Å²) in [6.45, 7) is 12.6. The van der Waals surface area contributed by atoms with E-state index in [0.717, 1.165) is 31.4 Å². The largest absolute Gasteiger partial charge is 0.366 e. The van der Waals surface area contributed by atoms with E-state index in [2.05, 4.69) is 50.8 Å². The molecule has 3 rings (SSSR count). The summed E-state index contributed by atoms with van der Waals surface area (Å²) in [5.74, 6) is 2.13. The van der Waals surface area contributed by atoms with Crippen molar-refractivity contribution in [2.45, 2.75) is 52.4 Å². The van der Waals surface area contributed by atoms with Crippen molar-refractivity contribution in [3.05, 3.63) is 41.0 Å². The first-order valence-electron chi connectivity index (χ1n) is 10.1. The van der Waals surface area contributed by atoms with Crippen LogP contribution in [0, 0.1) is 5.41 Å².